The van der Waals surface area contributed by atoms with Crippen LogP contribution in [0.25, 0.3) is 0 Å². The zero-order valence-corrected chi connectivity index (χ0v) is 21.8. The number of carbonyl (C=O) groups is 2. The summed E-state index contributed by atoms with van der Waals surface area (Å²) in [5.74, 6) is -0.235. The standard InChI is InChI=1S/C21H27IN4O2S.2ClH/c22-16-9-7-15(8-10-16)20(28)26-21-25-18(14-29-21)13-19(27)24-12-4-11-23-17-5-2-1-3-6-17;;/h7-10,14,17,23H,1-6,11-13H2,(H,24,27)(H,25,26,28);2*1H. The molecule has 1 saturated carbocycles. The van der Waals surface area contributed by atoms with Gasteiger partial charge in [-0.3, -0.25) is 14.9 Å². The predicted octanol–water partition coefficient (Wildman–Crippen LogP) is 4.81. The highest BCUT2D eigenvalue weighted by Crippen LogP contribution is 2.18. The number of rotatable bonds is 9. The van der Waals surface area contributed by atoms with Crippen LogP contribution in [-0.4, -0.2) is 35.9 Å². The van der Waals surface area contributed by atoms with E-state index in [2.05, 4.69) is 43.5 Å². The molecule has 0 unspecified atom stereocenters. The Bertz CT molecular complexity index is 814. The molecule has 1 fully saturated rings. The van der Waals surface area contributed by atoms with Crippen LogP contribution in [0.4, 0.5) is 5.13 Å². The summed E-state index contributed by atoms with van der Waals surface area (Å²) < 4.78 is 1.08. The topological polar surface area (TPSA) is 83.1 Å². The van der Waals surface area contributed by atoms with E-state index in [1.54, 1.807) is 12.1 Å². The Morgan fingerprint density at radius 2 is 1.77 bits per heavy atom. The summed E-state index contributed by atoms with van der Waals surface area (Å²) in [6, 6.07) is 7.99. The largest absolute Gasteiger partial charge is 0.356 e. The van der Waals surface area contributed by atoms with E-state index < -0.39 is 0 Å². The van der Waals surface area contributed by atoms with E-state index >= 15 is 0 Å². The number of hydrogen-bond donors (Lipinski definition) is 3. The summed E-state index contributed by atoms with van der Waals surface area (Å²) in [4.78, 5) is 28.7. The Kier molecular flexibility index (Phi) is 13.6. The Morgan fingerprint density at radius 3 is 2.48 bits per heavy atom. The first-order chi connectivity index (χ1) is 14.1. The minimum Gasteiger partial charge on any atom is -0.356 e. The number of anilines is 1. The Morgan fingerprint density at radius 1 is 1.06 bits per heavy atom. The van der Waals surface area contributed by atoms with Crippen molar-refractivity contribution in [1.29, 1.82) is 0 Å². The molecule has 0 saturated heterocycles. The van der Waals surface area contributed by atoms with Crippen molar-refractivity contribution in [2.75, 3.05) is 18.4 Å². The molecular weight excluding hydrogens is 570 g/mol. The first kappa shape index (κ1) is 28.1. The highest BCUT2D eigenvalue weighted by Gasteiger charge is 2.13. The van der Waals surface area contributed by atoms with E-state index in [9.17, 15) is 9.59 Å². The van der Waals surface area contributed by atoms with E-state index in [0.717, 1.165) is 16.5 Å². The van der Waals surface area contributed by atoms with E-state index in [-0.39, 0.29) is 43.0 Å². The Hall–Kier alpha value is -0.940. The van der Waals surface area contributed by atoms with Gasteiger partial charge in [0.05, 0.1) is 12.1 Å². The third-order valence-corrected chi connectivity index (χ3v) is 6.46. The highest BCUT2D eigenvalue weighted by molar-refractivity contribution is 14.1. The second-order valence-electron chi connectivity index (χ2n) is 7.27. The molecule has 6 nitrogen and oxygen atoms in total. The first-order valence-corrected chi connectivity index (χ1v) is 12.1. The molecule has 1 aromatic heterocycles. The number of amides is 2. The lowest BCUT2D eigenvalue weighted by atomic mass is 9.95. The number of carbonyl (C=O) groups excluding carboxylic acids is 2. The molecule has 1 heterocycles. The van der Waals surface area contributed by atoms with Crippen molar-refractivity contribution in [3.63, 3.8) is 0 Å². The number of halogens is 3. The molecule has 0 bridgehead atoms. The van der Waals surface area contributed by atoms with Gasteiger partial charge >= 0.3 is 0 Å². The van der Waals surface area contributed by atoms with Crippen LogP contribution in [0.2, 0.25) is 0 Å². The van der Waals surface area contributed by atoms with Crippen molar-refractivity contribution in [3.8, 4) is 0 Å². The van der Waals surface area contributed by atoms with E-state index in [4.69, 9.17) is 0 Å². The maximum absolute atomic E-state index is 12.2. The molecule has 0 atom stereocenters. The van der Waals surface area contributed by atoms with Gasteiger partial charge in [0.25, 0.3) is 5.91 Å². The number of hydrogen-bond acceptors (Lipinski definition) is 5. The third-order valence-electron chi connectivity index (χ3n) is 4.93. The van der Waals surface area contributed by atoms with Crippen molar-refractivity contribution >= 4 is 75.7 Å². The summed E-state index contributed by atoms with van der Waals surface area (Å²) >= 11 is 3.53. The Balaban J connectivity index is 0.00000240. The van der Waals surface area contributed by atoms with Gasteiger partial charge in [-0.05, 0) is 72.7 Å². The summed E-state index contributed by atoms with van der Waals surface area (Å²) in [5, 5.41) is 11.6. The van der Waals surface area contributed by atoms with Gasteiger partial charge in [-0.15, -0.1) is 36.2 Å². The number of benzene rings is 1. The molecule has 3 rings (SSSR count). The lowest BCUT2D eigenvalue weighted by Crippen LogP contribution is -2.34. The Labute approximate surface area is 213 Å². The van der Waals surface area contributed by atoms with Gasteiger partial charge in [-0.1, -0.05) is 19.3 Å². The lowest BCUT2D eigenvalue weighted by Gasteiger charge is -2.22. The van der Waals surface area contributed by atoms with Crippen LogP contribution in [0.15, 0.2) is 29.6 Å². The van der Waals surface area contributed by atoms with E-state index in [1.807, 2.05) is 17.5 Å². The molecule has 2 aromatic rings. The quantitative estimate of drug-likeness (QED) is 0.286. The summed E-state index contributed by atoms with van der Waals surface area (Å²) in [6.07, 6.45) is 7.73. The predicted molar refractivity (Wildman–Crippen MR) is 140 cm³/mol. The van der Waals surface area contributed by atoms with Crippen LogP contribution in [-0.2, 0) is 11.2 Å². The summed E-state index contributed by atoms with van der Waals surface area (Å²) in [5.41, 5.74) is 1.26. The smallest absolute Gasteiger partial charge is 0.257 e. The van der Waals surface area contributed by atoms with Crippen LogP contribution in [0.1, 0.15) is 54.6 Å². The van der Waals surface area contributed by atoms with Crippen molar-refractivity contribution < 1.29 is 9.59 Å². The van der Waals surface area contributed by atoms with E-state index in [1.165, 1.54) is 43.4 Å². The number of nitrogens with zero attached hydrogens (tertiary/aromatic N) is 1. The van der Waals surface area contributed by atoms with E-state index in [0.29, 0.717) is 29.0 Å². The SMILES string of the molecule is Cl.Cl.O=C(Cc1csc(NC(=O)c2ccc(I)cc2)n1)NCCCNC1CCCCC1. The molecule has 0 spiro atoms. The zero-order valence-electron chi connectivity index (χ0n) is 17.2. The second kappa shape index (κ2) is 15.0. The maximum Gasteiger partial charge on any atom is 0.257 e. The van der Waals surface area contributed by atoms with Crippen LogP contribution in [0, 0.1) is 3.57 Å². The molecule has 0 aliphatic heterocycles. The van der Waals surface area contributed by atoms with Gasteiger partial charge in [0.1, 0.15) is 0 Å². The highest BCUT2D eigenvalue weighted by atomic mass is 127. The molecule has 0 radical (unpaired) electrons. The van der Waals surface area contributed by atoms with Crippen molar-refractivity contribution in [2.24, 2.45) is 0 Å². The molecule has 1 aliphatic carbocycles. The molecule has 1 aliphatic rings. The van der Waals surface area contributed by atoms with Gasteiger partial charge in [0.2, 0.25) is 5.91 Å². The van der Waals surface area contributed by atoms with Crippen LogP contribution in [0.5, 0.6) is 0 Å². The van der Waals surface area contributed by atoms with Crippen molar-refractivity contribution in [3.05, 3.63) is 44.5 Å². The summed E-state index contributed by atoms with van der Waals surface area (Å²) in [6.45, 7) is 1.61. The molecule has 172 valence electrons. The first-order valence-electron chi connectivity index (χ1n) is 10.1. The monoisotopic (exact) mass is 598 g/mol. The van der Waals surface area contributed by atoms with Gasteiger partial charge in [0.15, 0.2) is 5.13 Å². The van der Waals surface area contributed by atoms with Crippen molar-refractivity contribution in [1.82, 2.24) is 15.6 Å². The lowest BCUT2D eigenvalue weighted by molar-refractivity contribution is -0.120. The van der Waals surface area contributed by atoms with Crippen LogP contribution >= 0.6 is 58.7 Å². The minimum atomic E-state index is -0.197. The maximum atomic E-state index is 12.2. The molecule has 31 heavy (non-hydrogen) atoms. The normalized spacial score (nSPS) is 13.6. The summed E-state index contributed by atoms with van der Waals surface area (Å²) in [7, 11) is 0. The zero-order chi connectivity index (χ0) is 20.5. The second-order valence-corrected chi connectivity index (χ2v) is 9.38. The fraction of sp³-hybridized carbons (Fsp3) is 0.476. The fourth-order valence-electron chi connectivity index (χ4n) is 3.37. The number of aromatic nitrogens is 1. The fourth-order valence-corrected chi connectivity index (χ4v) is 4.44. The molecule has 3 N–H and O–H groups in total. The molecule has 10 heteroatoms. The van der Waals surface area contributed by atoms with Crippen LogP contribution in [0.3, 0.4) is 0 Å². The molecular formula is C21H29Cl2IN4O2S. The van der Waals surface area contributed by atoms with Crippen LogP contribution < -0.4 is 16.0 Å². The number of nitrogens with one attached hydrogen (secondary N) is 3. The van der Waals surface area contributed by atoms with Gasteiger partial charge < -0.3 is 10.6 Å². The molecule has 2 amide bonds. The third kappa shape index (κ3) is 10.0. The number of thiazole rings is 1. The molecule has 1 aromatic carbocycles. The minimum absolute atomic E-state index is 0. The van der Waals surface area contributed by atoms with Gasteiger partial charge in [0, 0.05) is 27.1 Å². The van der Waals surface area contributed by atoms with Gasteiger partial charge in [-0.2, -0.15) is 0 Å². The van der Waals surface area contributed by atoms with Crippen molar-refractivity contribution in [2.45, 2.75) is 51.0 Å². The average Bonchev–Trinajstić information content (AvgIpc) is 3.15. The average molecular weight is 599 g/mol. The van der Waals surface area contributed by atoms with Gasteiger partial charge in [-0.25, -0.2) is 4.98 Å².